The van der Waals surface area contributed by atoms with Crippen molar-refractivity contribution in [3.63, 3.8) is 0 Å². The molecule has 1 atom stereocenters. The van der Waals surface area contributed by atoms with E-state index in [0.29, 0.717) is 22.7 Å². The van der Waals surface area contributed by atoms with Crippen LogP contribution in [0.15, 0.2) is 36.4 Å². The van der Waals surface area contributed by atoms with Crippen molar-refractivity contribution in [3.05, 3.63) is 57.6 Å². The second-order valence-electron chi connectivity index (χ2n) is 7.63. The molecule has 1 N–H and O–H groups in total. The molecule has 0 saturated carbocycles. The maximum atomic E-state index is 12.8. The number of benzene rings is 2. The molecule has 2 aromatic rings. The molecule has 1 heterocycles. The van der Waals surface area contributed by atoms with Crippen LogP contribution in [0.3, 0.4) is 0 Å². The van der Waals surface area contributed by atoms with Gasteiger partial charge in [0.15, 0.2) is 6.61 Å². The quantitative estimate of drug-likeness (QED) is 0.346. The highest BCUT2D eigenvalue weighted by atomic mass is 16.6. The van der Waals surface area contributed by atoms with E-state index in [1.165, 1.54) is 19.2 Å². The Bertz CT molecular complexity index is 1030. The van der Waals surface area contributed by atoms with Crippen molar-refractivity contribution in [1.82, 2.24) is 5.32 Å². The van der Waals surface area contributed by atoms with E-state index in [1.54, 1.807) is 38.3 Å². The SMILES string of the molecule is COc1ccc(OC)c(C(C)NC(=O)COC(=O)c2cc([N+](=O)[O-])ccc2N2CCCC2)c1. The Morgan fingerprint density at radius 2 is 1.85 bits per heavy atom. The maximum Gasteiger partial charge on any atom is 0.341 e. The lowest BCUT2D eigenvalue weighted by atomic mass is 10.1. The summed E-state index contributed by atoms with van der Waals surface area (Å²) in [7, 11) is 3.07. The van der Waals surface area contributed by atoms with Crippen molar-refractivity contribution < 1.29 is 28.7 Å². The molecule has 2 aromatic carbocycles. The smallest absolute Gasteiger partial charge is 0.341 e. The number of hydrogen-bond acceptors (Lipinski definition) is 8. The highest BCUT2D eigenvalue weighted by Crippen LogP contribution is 2.30. The summed E-state index contributed by atoms with van der Waals surface area (Å²) in [6.45, 7) is 2.73. The Kier molecular flexibility index (Phi) is 7.70. The first-order valence-corrected chi connectivity index (χ1v) is 10.6. The molecule has 3 rings (SSSR count). The molecule has 1 fully saturated rings. The van der Waals surface area contributed by atoms with Gasteiger partial charge in [-0.25, -0.2) is 4.79 Å². The minimum Gasteiger partial charge on any atom is -0.497 e. The lowest BCUT2D eigenvalue weighted by Crippen LogP contribution is -2.31. The first-order chi connectivity index (χ1) is 15.8. The summed E-state index contributed by atoms with van der Waals surface area (Å²) < 4.78 is 15.8. The number of nitrogens with zero attached hydrogens (tertiary/aromatic N) is 2. The van der Waals surface area contributed by atoms with Crippen LogP contribution in [-0.2, 0) is 9.53 Å². The van der Waals surface area contributed by atoms with Gasteiger partial charge in [-0.2, -0.15) is 0 Å². The second kappa shape index (κ2) is 10.7. The highest BCUT2D eigenvalue weighted by molar-refractivity contribution is 5.97. The highest BCUT2D eigenvalue weighted by Gasteiger charge is 2.24. The fourth-order valence-corrected chi connectivity index (χ4v) is 3.78. The average Bonchev–Trinajstić information content (AvgIpc) is 3.36. The molecule has 0 aliphatic carbocycles. The largest absolute Gasteiger partial charge is 0.497 e. The maximum absolute atomic E-state index is 12.8. The summed E-state index contributed by atoms with van der Waals surface area (Å²) in [5.74, 6) is -0.123. The van der Waals surface area contributed by atoms with Crippen LogP contribution in [-0.4, -0.2) is 50.7 Å². The standard InChI is InChI=1S/C23H27N3O7/c1-15(18-13-17(31-2)7-9-21(18)32-3)24-22(27)14-33-23(28)19-12-16(26(29)30)6-8-20(19)25-10-4-5-11-25/h6-9,12-13,15H,4-5,10-11,14H2,1-3H3,(H,24,27). The van der Waals surface area contributed by atoms with E-state index < -0.39 is 29.4 Å². The third kappa shape index (κ3) is 5.71. The van der Waals surface area contributed by atoms with Crippen LogP contribution in [0, 0.1) is 10.1 Å². The van der Waals surface area contributed by atoms with Gasteiger partial charge in [-0.1, -0.05) is 0 Å². The van der Waals surface area contributed by atoms with Crippen LogP contribution >= 0.6 is 0 Å². The molecule has 1 saturated heterocycles. The Morgan fingerprint density at radius 1 is 1.12 bits per heavy atom. The van der Waals surface area contributed by atoms with Crippen LogP contribution in [0.2, 0.25) is 0 Å². The first kappa shape index (κ1) is 23.8. The summed E-state index contributed by atoms with van der Waals surface area (Å²) >= 11 is 0. The van der Waals surface area contributed by atoms with Gasteiger partial charge in [0.05, 0.1) is 36.4 Å². The van der Waals surface area contributed by atoms with E-state index in [4.69, 9.17) is 14.2 Å². The van der Waals surface area contributed by atoms with Gasteiger partial charge in [-0.3, -0.25) is 14.9 Å². The van der Waals surface area contributed by atoms with Crippen LogP contribution < -0.4 is 19.7 Å². The van der Waals surface area contributed by atoms with Gasteiger partial charge in [-0.15, -0.1) is 0 Å². The van der Waals surface area contributed by atoms with Crippen LogP contribution in [0.4, 0.5) is 11.4 Å². The van der Waals surface area contributed by atoms with Gasteiger partial charge in [0.1, 0.15) is 11.5 Å². The van der Waals surface area contributed by atoms with Gasteiger partial charge >= 0.3 is 5.97 Å². The number of amides is 1. The normalized spacial score (nSPS) is 13.8. The third-order valence-corrected chi connectivity index (χ3v) is 5.47. The fraction of sp³-hybridized carbons (Fsp3) is 0.391. The number of nitro groups is 1. The number of nitrogens with one attached hydrogen (secondary N) is 1. The van der Waals surface area contributed by atoms with Gasteiger partial charge in [-0.05, 0) is 44.0 Å². The van der Waals surface area contributed by atoms with Gasteiger partial charge < -0.3 is 24.4 Å². The van der Waals surface area contributed by atoms with Gasteiger partial charge in [0.2, 0.25) is 0 Å². The van der Waals surface area contributed by atoms with E-state index in [0.717, 1.165) is 25.9 Å². The average molecular weight is 457 g/mol. The fourth-order valence-electron chi connectivity index (χ4n) is 3.78. The molecule has 10 nitrogen and oxygen atoms in total. The molecule has 0 radical (unpaired) electrons. The second-order valence-corrected chi connectivity index (χ2v) is 7.63. The molecular formula is C23H27N3O7. The molecule has 1 aliphatic rings. The van der Waals surface area contributed by atoms with Crippen LogP contribution in [0.5, 0.6) is 11.5 Å². The number of rotatable bonds is 9. The van der Waals surface area contributed by atoms with Crippen molar-refractivity contribution in [2.75, 3.05) is 38.8 Å². The summed E-state index contributed by atoms with van der Waals surface area (Å²) in [5, 5.41) is 13.9. The van der Waals surface area contributed by atoms with Crippen molar-refractivity contribution in [1.29, 1.82) is 0 Å². The van der Waals surface area contributed by atoms with E-state index in [9.17, 15) is 19.7 Å². The summed E-state index contributed by atoms with van der Waals surface area (Å²) in [4.78, 5) is 37.8. The molecule has 1 amide bonds. The number of anilines is 1. The zero-order valence-electron chi connectivity index (χ0n) is 18.8. The molecule has 1 aliphatic heterocycles. The summed E-state index contributed by atoms with van der Waals surface area (Å²) in [6, 6.07) is 8.89. The molecule has 33 heavy (non-hydrogen) atoms. The van der Waals surface area contributed by atoms with E-state index in [2.05, 4.69) is 5.32 Å². The Balaban J connectivity index is 1.69. The Labute approximate surface area is 191 Å². The lowest BCUT2D eigenvalue weighted by molar-refractivity contribution is -0.384. The van der Waals surface area contributed by atoms with Gasteiger partial charge in [0.25, 0.3) is 11.6 Å². The first-order valence-electron chi connectivity index (χ1n) is 10.6. The predicted octanol–water partition coefficient (Wildman–Crippen LogP) is 3.25. The number of esters is 1. The minimum atomic E-state index is -0.789. The number of carbonyl (C=O) groups excluding carboxylic acids is 2. The van der Waals surface area contributed by atoms with Crippen LogP contribution in [0.25, 0.3) is 0 Å². The van der Waals surface area contributed by atoms with E-state index >= 15 is 0 Å². The number of carbonyl (C=O) groups is 2. The van der Waals surface area contributed by atoms with Crippen molar-refractivity contribution in [2.24, 2.45) is 0 Å². The molecule has 0 aromatic heterocycles. The lowest BCUT2D eigenvalue weighted by Gasteiger charge is -2.21. The number of ether oxygens (including phenoxy) is 3. The molecule has 1 unspecified atom stereocenters. The number of methoxy groups -OCH3 is 2. The zero-order chi connectivity index (χ0) is 24.0. The number of non-ortho nitro benzene ring substituents is 1. The monoisotopic (exact) mass is 457 g/mol. The van der Waals surface area contributed by atoms with Crippen molar-refractivity contribution in [3.8, 4) is 11.5 Å². The zero-order valence-corrected chi connectivity index (χ0v) is 18.8. The molecule has 0 spiro atoms. The Hall–Kier alpha value is -3.82. The van der Waals surface area contributed by atoms with Gasteiger partial charge in [0, 0.05) is 30.8 Å². The number of nitro benzene ring substituents is 1. The van der Waals surface area contributed by atoms with E-state index in [-0.39, 0.29) is 11.3 Å². The summed E-state index contributed by atoms with van der Waals surface area (Å²) in [5.41, 5.74) is 1.12. The third-order valence-electron chi connectivity index (χ3n) is 5.47. The Morgan fingerprint density at radius 3 is 2.48 bits per heavy atom. The molecule has 10 heteroatoms. The van der Waals surface area contributed by atoms with E-state index in [1.807, 2.05) is 4.90 Å². The molecule has 0 bridgehead atoms. The van der Waals surface area contributed by atoms with Crippen LogP contribution in [0.1, 0.15) is 41.7 Å². The number of hydrogen-bond donors (Lipinski definition) is 1. The molecular weight excluding hydrogens is 430 g/mol. The van der Waals surface area contributed by atoms with Crippen molar-refractivity contribution in [2.45, 2.75) is 25.8 Å². The van der Waals surface area contributed by atoms with Crippen molar-refractivity contribution >= 4 is 23.3 Å². The summed E-state index contributed by atoms with van der Waals surface area (Å²) in [6.07, 6.45) is 1.94. The molecule has 176 valence electrons. The topological polar surface area (TPSA) is 120 Å². The predicted molar refractivity (Wildman–Crippen MR) is 121 cm³/mol. The minimum absolute atomic E-state index is 0.0708.